The zero-order chi connectivity index (χ0) is 11.7. The highest BCUT2D eigenvalue weighted by molar-refractivity contribution is 5.94. The van der Waals surface area contributed by atoms with Gasteiger partial charge in [0.1, 0.15) is 6.10 Å². The summed E-state index contributed by atoms with van der Waals surface area (Å²) in [5.74, 6) is 0.665. The van der Waals surface area contributed by atoms with Crippen molar-refractivity contribution in [2.24, 2.45) is 16.7 Å². The van der Waals surface area contributed by atoms with E-state index in [0.717, 1.165) is 12.0 Å². The Kier molecular flexibility index (Phi) is 1.76. The third kappa shape index (κ3) is 1.22. The Balaban J connectivity index is 2.10. The Morgan fingerprint density at radius 3 is 2.62 bits per heavy atom. The van der Waals surface area contributed by atoms with Gasteiger partial charge in [-0.05, 0) is 43.1 Å². The first-order valence-electron chi connectivity index (χ1n) is 6.28. The average molecular weight is 220 g/mol. The highest BCUT2D eigenvalue weighted by Gasteiger charge is 2.60. The van der Waals surface area contributed by atoms with Crippen LogP contribution in [0.1, 0.15) is 47.0 Å². The normalized spacial score (nSPS) is 44.6. The smallest absolute Gasteiger partial charge is 0.335 e. The molecule has 2 aliphatic carbocycles. The van der Waals surface area contributed by atoms with Gasteiger partial charge in [0.25, 0.3) is 0 Å². The molecule has 0 radical (unpaired) electrons. The summed E-state index contributed by atoms with van der Waals surface area (Å²) in [5.41, 5.74) is 2.79. The molecule has 1 saturated carbocycles. The van der Waals surface area contributed by atoms with Crippen LogP contribution in [0.25, 0.3) is 0 Å². The van der Waals surface area contributed by atoms with Crippen molar-refractivity contribution in [1.82, 2.24) is 0 Å². The van der Waals surface area contributed by atoms with Gasteiger partial charge in [0.15, 0.2) is 0 Å². The highest BCUT2D eigenvalue weighted by Crippen LogP contribution is 2.66. The van der Waals surface area contributed by atoms with Crippen molar-refractivity contribution in [2.45, 2.75) is 53.1 Å². The van der Waals surface area contributed by atoms with Gasteiger partial charge in [-0.2, -0.15) is 0 Å². The van der Waals surface area contributed by atoms with Crippen LogP contribution in [-0.4, -0.2) is 12.1 Å². The fourth-order valence-corrected chi connectivity index (χ4v) is 3.77. The molecule has 16 heavy (non-hydrogen) atoms. The van der Waals surface area contributed by atoms with Gasteiger partial charge in [-0.1, -0.05) is 20.8 Å². The van der Waals surface area contributed by atoms with Gasteiger partial charge >= 0.3 is 5.97 Å². The van der Waals surface area contributed by atoms with Crippen LogP contribution in [0, 0.1) is 16.7 Å². The molecule has 0 aromatic heterocycles. The van der Waals surface area contributed by atoms with Gasteiger partial charge in [0.05, 0.1) is 0 Å². The molecule has 0 bridgehead atoms. The number of carbonyl (C=O) groups excluding carboxylic acids is 1. The fraction of sp³-hybridized carbons (Fsp3) is 0.786. The van der Waals surface area contributed by atoms with E-state index in [0.29, 0.717) is 11.3 Å². The van der Waals surface area contributed by atoms with Crippen LogP contribution in [0.5, 0.6) is 0 Å². The molecule has 0 N–H and O–H groups in total. The zero-order valence-electron chi connectivity index (χ0n) is 10.6. The summed E-state index contributed by atoms with van der Waals surface area (Å²) in [4.78, 5) is 11.9. The molecule has 0 amide bonds. The summed E-state index contributed by atoms with van der Waals surface area (Å²) in [7, 11) is 0. The lowest BCUT2D eigenvalue weighted by atomic mass is 9.81. The van der Waals surface area contributed by atoms with E-state index in [1.807, 2.05) is 6.92 Å². The number of cyclic esters (lactones) is 1. The molecular formula is C14H20O2. The largest absolute Gasteiger partial charge is 0.455 e. The number of esters is 1. The predicted molar refractivity (Wildman–Crippen MR) is 61.8 cm³/mol. The molecule has 1 fully saturated rings. The molecule has 3 rings (SSSR count). The van der Waals surface area contributed by atoms with E-state index in [2.05, 4.69) is 20.8 Å². The lowest BCUT2D eigenvalue weighted by Gasteiger charge is -2.25. The summed E-state index contributed by atoms with van der Waals surface area (Å²) in [6, 6.07) is 0. The van der Waals surface area contributed by atoms with Crippen LogP contribution >= 0.6 is 0 Å². The summed E-state index contributed by atoms with van der Waals surface area (Å²) in [5, 5.41) is 0. The second kappa shape index (κ2) is 2.72. The Morgan fingerprint density at radius 2 is 1.94 bits per heavy atom. The van der Waals surface area contributed by atoms with E-state index in [1.165, 1.54) is 18.4 Å². The summed E-state index contributed by atoms with van der Waals surface area (Å²) in [6.45, 7) is 8.89. The van der Waals surface area contributed by atoms with Gasteiger partial charge in [-0.15, -0.1) is 0 Å². The van der Waals surface area contributed by atoms with Crippen LogP contribution in [0.15, 0.2) is 11.1 Å². The van der Waals surface area contributed by atoms with E-state index in [-0.39, 0.29) is 17.5 Å². The first-order valence-corrected chi connectivity index (χ1v) is 6.28. The Morgan fingerprint density at radius 1 is 1.25 bits per heavy atom. The van der Waals surface area contributed by atoms with Gasteiger partial charge in [-0.3, -0.25) is 0 Å². The quantitative estimate of drug-likeness (QED) is 0.586. The van der Waals surface area contributed by atoms with Gasteiger partial charge < -0.3 is 4.74 Å². The molecule has 1 heterocycles. The van der Waals surface area contributed by atoms with Crippen molar-refractivity contribution in [1.29, 1.82) is 0 Å². The second-order valence-electron chi connectivity index (χ2n) is 6.81. The standard InChI is InChI=1S/C14H20O2/c1-8-10-7-13(2,3)5-9-6-14(9,4)11(10)12(15)16-8/h8-9H,5-7H2,1-4H3/t8-,9-,14+/m0/s1. The average Bonchev–Trinajstić information content (AvgIpc) is 2.64. The van der Waals surface area contributed by atoms with Crippen LogP contribution in [0.2, 0.25) is 0 Å². The first kappa shape index (κ1) is 10.4. The maximum Gasteiger partial charge on any atom is 0.335 e. The monoisotopic (exact) mass is 220 g/mol. The first-order chi connectivity index (χ1) is 7.33. The van der Waals surface area contributed by atoms with Crippen molar-refractivity contribution >= 4 is 5.97 Å². The van der Waals surface area contributed by atoms with E-state index in [1.54, 1.807) is 0 Å². The molecule has 2 heteroatoms. The van der Waals surface area contributed by atoms with Crippen LogP contribution < -0.4 is 0 Å². The number of hydrogen-bond donors (Lipinski definition) is 0. The number of fused-ring (bicyclic) bond motifs is 2. The summed E-state index contributed by atoms with van der Waals surface area (Å²) in [6.07, 6.45) is 3.47. The Bertz CT molecular complexity index is 405. The minimum Gasteiger partial charge on any atom is -0.455 e. The molecule has 2 nitrogen and oxygen atoms in total. The number of hydrogen-bond acceptors (Lipinski definition) is 2. The van der Waals surface area contributed by atoms with Gasteiger partial charge in [-0.25, -0.2) is 4.79 Å². The van der Waals surface area contributed by atoms with Crippen molar-refractivity contribution < 1.29 is 9.53 Å². The van der Waals surface area contributed by atoms with Crippen LogP contribution in [0.4, 0.5) is 0 Å². The van der Waals surface area contributed by atoms with Crippen molar-refractivity contribution in [2.75, 3.05) is 0 Å². The third-order valence-electron chi connectivity index (χ3n) is 4.75. The third-order valence-corrected chi connectivity index (χ3v) is 4.75. The maximum atomic E-state index is 11.9. The van der Waals surface area contributed by atoms with Crippen LogP contribution in [0.3, 0.4) is 0 Å². The molecule has 0 spiro atoms. The summed E-state index contributed by atoms with van der Waals surface area (Å²) >= 11 is 0. The molecule has 1 aliphatic heterocycles. The minimum absolute atomic E-state index is 0.0120. The maximum absolute atomic E-state index is 11.9. The molecular weight excluding hydrogens is 200 g/mol. The molecule has 3 atom stereocenters. The van der Waals surface area contributed by atoms with Gasteiger partial charge in [0.2, 0.25) is 0 Å². The van der Waals surface area contributed by atoms with E-state index in [4.69, 9.17) is 4.74 Å². The van der Waals surface area contributed by atoms with Crippen molar-refractivity contribution in [3.8, 4) is 0 Å². The molecule has 0 saturated heterocycles. The second-order valence-corrected chi connectivity index (χ2v) is 6.81. The van der Waals surface area contributed by atoms with Crippen molar-refractivity contribution in [3.63, 3.8) is 0 Å². The minimum atomic E-state index is -0.0369. The lowest BCUT2D eigenvalue weighted by molar-refractivity contribution is -0.139. The number of carbonyl (C=O) groups is 1. The highest BCUT2D eigenvalue weighted by atomic mass is 16.5. The predicted octanol–water partition coefficient (Wildman–Crippen LogP) is 3.07. The van der Waals surface area contributed by atoms with E-state index >= 15 is 0 Å². The molecule has 88 valence electrons. The zero-order valence-corrected chi connectivity index (χ0v) is 10.6. The molecule has 3 aliphatic rings. The molecule has 0 aromatic carbocycles. The van der Waals surface area contributed by atoms with Gasteiger partial charge in [0, 0.05) is 11.0 Å². The number of ether oxygens (including phenoxy) is 1. The number of rotatable bonds is 0. The van der Waals surface area contributed by atoms with E-state index < -0.39 is 0 Å². The Hall–Kier alpha value is -0.790. The molecule has 0 aromatic rings. The Labute approximate surface area is 97.1 Å². The van der Waals surface area contributed by atoms with Crippen LogP contribution in [-0.2, 0) is 9.53 Å². The lowest BCUT2D eigenvalue weighted by Crippen LogP contribution is -2.17. The summed E-state index contributed by atoms with van der Waals surface area (Å²) < 4.78 is 5.41. The van der Waals surface area contributed by atoms with E-state index in [9.17, 15) is 4.79 Å². The topological polar surface area (TPSA) is 26.3 Å². The SMILES string of the molecule is C[C@@H]1OC(=O)C2=C1CC(C)(C)C[C@H]1C[C@@]21C. The fourth-order valence-electron chi connectivity index (χ4n) is 3.77. The van der Waals surface area contributed by atoms with Crippen molar-refractivity contribution in [3.05, 3.63) is 11.1 Å². The molecule has 0 unspecified atom stereocenters.